The molecular formula is C15H14N4S. The van der Waals surface area contributed by atoms with E-state index in [1.54, 1.807) is 4.52 Å². The molecule has 0 atom stereocenters. The van der Waals surface area contributed by atoms with E-state index in [2.05, 4.69) is 35.2 Å². The summed E-state index contributed by atoms with van der Waals surface area (Å²) in [6, 6.07) is 10.4. The Bertz CT molecular complexity index is 803. The fraction of sp³-hybridized carbons (Fsp3) is 0.267. The highest BCUT2D eigenvalue weighted by atomic mass is 32.1. The monoisotopic (exact) mass is 282 g/mol. The molecule has 1 aromatic carbocycles. The zero-order valence-electron chi connectivity index (χ0n) is 11.6. The lowest BCUT2D eigenvalue weighted by Gasteiger charge is -1.99. The Kier molecular flexibility index (Phi) is 3.03. The summed E-state index contributed by atoms with van der Waals surface area (Å²) in [5, 5.41) is 14.7. The third-order valence-electron chi connectivity index (χ3n) is 3.18. The van der Waals surface area contributed by atoms with Gasteiger partial charge < -0.3 is 0 Å². The molecule has 0 aliphatic heterocycles. The number of aryl methyl sites for hydroxylation is 1. The third kappa shape index (κ3) is 1.98. The second kappa shape index (κ2) is 4.73. The Hall–Kier alpha value is -2.19. The van der Waals surface area contributed by atoms with Gasteiger partial charge in [-0.25, -0.2) is 4.98 Å². The maximum absolute atomic E-state index is 9.32. The van der Waals surface area contributed by atoms with E-state index in [1.165, 1.54) is 16.9 Å². The molecule has 0 fully saturated rings. The zero-order chi connectivity index (χ0) is 14.3. The normalized spacial score (nSPS) is 11.2. The molecule has 4 nitrogen and oxygen atoms in total. The van der Waals surface area contributed by atoms with Gasteiger partial charge in [-0.15, -0.1) is 0 Å². The summed E-state index contributed by atoms with van der Waals surface area (Å²) in [5.41, 5.74) is 3.64. The van der Waals surface area contributed by atoms with Crippen LogP contribution in [0.4, 0.5) is 0 Å². The van der Waals surface area contributed by atoms with Crippen molar-refractivity contribution in [2.24, 2.45) is 0 Å². The topological polar surface area (TPSA) is 54.0 Å². The van der Waals surface area contributed by atoms with Crippen molar-refractivity contribution >= 4 is 16.3 Å². The summed E-state index contributed by atoms with van der Waals surface area (Å²) in [6.45, 7) is 6.13. The van der Waals surface area contributed by atoms with Crippen molar-refractivity contribution < 1.29 is 0 Å². The number of nitrogens with zero attached hydrogens (tertiary/aromatic N) is 4. The van der Waals surface area contributed by atoms with Crippen LogP contribution in [-0.2, 0) is 0 Å². The van der Waals surface area contributed by atoms with Crippen LogP contribution < -0.4 is 0 Å². The summed E-state index contributed by atoms with van der Waals surface area (Å²) in [7, 11) is 0. The van der Waals surface area contributed by atoms with Gasteiger partial charge in [0.15, 0.2) is 5.69 Å². The Labute approximate surface area is 121 Å². The Morgan fingerprint density at radius 3 is 2.55 bits per heavy atom. The molecule has 0 radical (unpaired) electrons. The van der Waals surface area contributed by atoms with Gasteiger partial charge in [0.2, 0.25) is 4.96 Å². The van der Waals surface area contributed by atoms with E-state index >= 15 is 0 Å². The van der Waals surface area contributed by atoms with Gasteiger partial charge in [-0.3, -0.25) is 0 Å². The molecule has 0 aliphatic rings. The second-order valence-electron chi connectivity index (χ2n) is 5.08. The summed E-state index contributed by atoms with van der Waals surface area (Å²) in [4.78, 5) is 5.32. The fourth-order valence-electron chi connectivity index (χ4n) is 2.08. The molecule has 0 saturated carbocycles. The first kappa shape index (κ1) is 12.8. The Balaban J connectivity index is 2.15. The Morgan fingerprint density at radius 2 is 1.95 bits per heavy atom. The average Bonchev–Trinajstić information content (AvgIpc) is 2.96. The number of benzene rings is 1. The van der Waals surface area contributed by atoms with Gasteiger partial charge >= 0.3 is 0 Å². The fourth-order valence-corrected chi connectivity index (χ4v) is 3.00. The van der Waals surface area contributed by atoms with Crippen LogP contribution in [0.1, 0.15) is 36.7 Å². The number of rotatable bonds is 2. The highest BCUT2D eigenvalue weighted by Gasteiger charge is 2.18. The number of aromatic nitrogens is 3. The van der Waals surface area contributed by atoms with Gasteiger partial charge in [-0.1, -0.05) is 55.0 Å². The molecule has 0 aliphatic carbocycles. The molecule has 3 rings (SSSR count). The number of nitriles is 1. The van der Waals surface area contributed by atoms with Gasteiger partial charge in [0.05, 0.1) is 5.69 Å². The molecule has 0 spiro atoms. The van der Waals surface area contributed by atoms with Gasteiger partial charge in [-0.05, 0) is 12.8 Å². The molecular weight excluding hydrogens is 268 g/mol. The first-order valence-corrected chi connectivity index (χ1v) is 7.28. The number of imidazole rings is 1. The molecule has 0 amide bonds. The van der Waals surface area contributed by atoms with Crippen LogP contribution in [0.15, 0.2) is 24.3 Å². The van der Waals surface area contributed by atoms with Crippen molar-refractivity contribution in [2.75, 3.05) is 0 Å². The molecule has 0 unspecified atom stereocenters. The van der Waals surface area contributed by atoms with E-state index in [0.717, 1.165) is 21.2 Å². The van der Waals surface area contributed by atoms with Crippen LogP contribution >= 0.6 is 11.3 Å². The standard InChI is InChI=1S/C15H14N4S/c1-9(2)13-12(8-16)19-15(17-13)20-14(18-19)11-6-4-10(3)5-7-11/h4-7,9H,1-3H3. The lowest BCUT2D eigenvalue weighted by atomic mass is 10.1. The van der Waals surface area contributed by atoms with Crippen LogP contribution in [0, 0.1) is 18.3 Å². The quantitative estimate of drug-likeness (QED) is 0.719. The summed E-state index contributed by atoms with van der Waals surface area (Å²) in [6.07, 6.45) is 0. The van der Waals surface area contributed by atoms with Crippen LogP contribution in [0.2, 0.25) is 0 Å². The zero-order valence-corrected chi connectivity index (χ0v) is 12.4. The SMILES string of the molecule is Cc1ccc(-c2nn3c(C#N)c(C(C)C)nc3s2)cc1. The van der Waals surface area contributed by atoms with E-state index in [-0.39, 0.29) is 5.92 Å². The molecule has 20 heavy (non-hydrogen) atoms. The van der Waals surface area contributed by atoms with Crippen LogP contribution in [0.3, 0.4) is 0 Å². The minimum atomic E-state index is 0.223. The van der Waals surface area contributed by atoms with E-state index in [9.17, 15) is 5.26 Å². The van der Waals surface area contributed by atoms with Gasteiger partial charge in [0, 0.05) is 5.56 Å². The van der Waals surface area contributed by atoms with Crippen molar-refractivity contribution in [3.63, 3.8) is 0 Å². The van der Waals surface area contributed by atoms with Crippen molar-refractivity contribution in [1.82, 2.24) is 14.6 Å². The van der Waals surface area contributed by atoms with Crippen LogP contribution in [0.25, 0.3) is 15.5 Å². The van der Waals surface area contributed by atoms with Crippen molar-refractivity contribution in [3.8, 4) is 16.6 Å². The molecule has 3 aromatic rings. The van der Waals surface area contributed by atoms with E-state index in [1.807, 2.05) is 26.0 Å². The van der Waals surface area contributed by atoms with Crippen molar-refractivity contribution in [2.45, 2.75) is 26.7 Å². The van der Waals surface area contributed by atoms with E-state index in [4.69, 9.17) is 0 Å². The minimum absolute atomic E-state index is 0.223. The molecule has 2 heterocycles. The first-order chi connectivity index (χ1) is 9.60. The molecule has 0 saturated heterocycles. The largest absolute Gasteiger partial charge is 0.221 e. The summed E-state index contributed by atoms with van der Waals surface area (Å²) in [5.74, 6) is 0.223. The van der Waals surface area contributed by atoms with E-state index < -0.39 is 0 Å². The Morgan fingerprint density at radius 1 is 1.25 bits per heavy atom. The van der Waals surface area contributed by atoms with Crippen molar-refractivity contribution in [3.05, 3.63) is 41.2 Å². The summed E-state index contributed by atoms with van der Waals surface area (Å²) >= 11 is 1.51. The van der Waals surface area contributed by atoms with E-state index in [0.29, 0.717) is 5.69 Å². The van der Waals surface area contributed by atoms with Crippen molar-refractivity contribution in [1.29, 1.82) is 5.26 Å². The van der Waals surface area contributed by atoms with Crippen LogP contribution in [-0.4, -0.2) is 14.6 Å². The predicted molar refractivity (Wildman–Crippen MR) is 79.8 cm³/mol. The predicted octanol–water partition coefficient (Wildman–Crippen LogP) is 3.76. The lowest BCUT2D eigenvalue weighted by molar-refractivity contribution is 0.822. The summed E-state index contributed by atoms with van der Waals surface area (Å²) < 4.78 is 1.66. The molecule has 100 valence electrons. The first-order valence-electron chi connectivity index (χ1n) is 6.46. The number of fused-ring (bicyclic) bond motifs is 1. The third-order valence-corrected chi connectivity index (χ3v) is 4.14. The highest BCUT2D eigenvalue weighted by molar-refractivity contribution is 7.19. The number of hydrogen-bond donors (Lipinski definition) is 0. The molecule has 2 aromatic heterocycles. The van der Waals surface area contributed by atoms with Gasteiger partial charge in [0.25, 0.3) is 0 Å². The maximum atomic E-state index is 9.32. The van der Waals surface area contributed by atoms with Gasteiger partial charge in [-0.2, -0.15) is 14.9 Å². The smallest absolute Gasteiger partial charge is 0.213 e. The molecule has 0 N–H and O–H groups in total. The highest BCUT2D eigenvalue weighted by Crippen LogP contribution is 2.29. The van der Waals surface area contributed by atoms with Crippen LogP contribution in [0.5, 0.6) is 0 Å². The minimum Gasteiger partial charge on any atom is -0.221 e. The number of hydrogen-bond acceptors (Lipinski definition) is 4. The van der Waals surface area contributed by atoms with Gasteiger partial charge in [0.1, 0.15) is 11.1 Å². The second-order valence-corrected chi connectivity index (χ2v) is 6.04. The molecule has 5 heteroatoms. The maximum Gasteiger partial charge on any atom is 0.213 e. The average molecular weight is 282 g/mol. The molecule has 0 bridgehead atoms. The lowest BCUT2D eigenvalue weighted by Crippen LogP contribution is -1.95.